The summed E-state index contributed by atoms with van der Waals surface area (Å²) in [5.41, 5.74) is 4.44. The van der Waals surface area contributed by atoms with E-state index in [-0.39, 0.29) is 16.8 Å². The Morgan fingerprint density at radius 3 is 2.33 bits per heavy atom. The molecule has 0 bridgehead atoms. The number of aryl methyl sites for hydroxylation is 1. The van der Waals surface area contributed by atoms with Gasteiger partial charge in [0, 0.05) is 29.3 Å². The summed E-state index contributed by atoms with van der Waals surface area (Å²) < 4.78 is 16.5. The Hall–Kier alpha value is -3.31. The highest BCUT2D eigenvalue weighted by atomic mass is 19.1. The molecule has 5 rings (SSSR count). The van der Waals surface area contributed by atoms with Crippen LogP contribution in [0.1, 0.15) is 39.2 Å². The molecule has 1 N–H and O–H groups in total. The van der Waals surface area contributed by atoms with E-state index in [9.17, 15) is 14.3 Å². The van der Waals surface area contributed by atoms with Crippen LogP contribution in [0.4, 0.5) is 4.39 Å². The van der Waals surface area contributed by atoms with Gasteiger partial charge < -0.3 is 9.67 Å². The molecule has 5 heteroatoms. The van der Waals surface area contributed by atoms with E-state index in [4.69, 9.17) is 4.98 Å². The smallest absolute Gasteiger partial charge is 0.251 e. The predicted octanol–water partition coefficient (Wildman–Crippen LogP) is 5.69. The molecule has 0 saturated heterocycles. The molecule has 1 saturated carbocycles. The molecule has 4 nitrogen and oxygen atoms in total. The van der Waals surface area contributed by atoms with Gasteiger partial charge >= 0.3 is 0 Å². The Kier molecular flexibility index (Phi) is 4.98. The third-order valence-electron chi connectivity index (χ3n) is 6.85. The third kappa shape index (κ3) is 3.66. The van der Waals surface area contributed by atoms with Gasteiger partial charge in [-0.1, -0.05) is 49.4 Å². The summed E-state index contributed by atoms with van der Waals surface area (Å²) in [6, 6.07) is 20.0. The number of nitrogens with zero attached hydrogens (tertiary/aromatic N) is 2. The van der Waals surface area contributed by atoms with Crippen molar-refractivity contribution in [2.24, 2.45) is 0 Å². The normalized spacial score (nSPS) is 22.3. The summed E-state index contributed by atoms with van der Waals surface area (Å²) in [6.45, 7) is 6.46. The minimum absolute atomic E-state index is 0.0512. The maximum atomic E-state index is 14.9. The van der Waals surface area contributed by atoms with Crippen LogP contribution in [0.15, 0.2) is 71.5 Å². The molecule has 0 aliphatic heterocycles. The average Bonchev–Trinajstić information content (AvgIpc) is 2.77. The molecule has 2 heterocycles. The van der Waals surface area contributed by atoms with Crippen LogP contribution in [0.5, 0.6) is 0 Å². The Bertz CT molecular complexity index is 1410. The lowest BCUT2D eigenvalue weighted by molar-refractivity contribution is -0.0691. The van der Waals surface area contributed by atoms with Gasteiger partial charge in [-0.25, -0.2) is 9.37 Å². The van der Waals surface area contributed by atoms with E-state index in [1.54, 1.807) is 28.8 Å². The van der Waals surface area contributed by atoms with Crippen molar-refractivity contribution in [3.05, 3.63) is 88.5 Å². The van der Waals surface area contributed by atoms with Gasteiger partial charge in [0.2, 0.25) is 0 Å². The Labute approximate surface area is 192 Å². The van der Waals surface area contributed by atoms with Gasteiger partial charge in [0.05, 0.1) is 22.3 Å². The maximum Gasteiger partial charge on any atom is 0.251 e. The maximum absolute atomic E-state index is 14.9. The zero-order chi connectivity index (χ0) is 23.4. The van der Waals surface area contributed by atoms with Crippen molar-refractivity contribution < 1.29 is 9.50 Å². The van der Waals surface area contributed by atoms with Crippen molar-refractivity contribution in [2.75, 3.05) is 0 Å². The van der Waals surface area contributed by atoms with Crippen LogP contribution in [-0.2, 0) is 12.0 Å². The zero-order valence-corrected chi connectivity index (χ0v) is 19.1. The van der Waals surface area contributed by atoms with E-state index < -0.39 is 5.60 Å². The molecule has 168 valence electrons. The van der Waals surface area contributed by atoms with Crippen LogP contribution in [0.3, 0.4) is 0 Å². The highest BCUT2D eigenvalue weighted by Gasteiger charge is 2.48. The molecular weight excluding hydrogens is 415 g/mol. The van der Waals surface area contributed by atoms with Crippen LogP contribution in [-0.4, -0.2) is 20.3 Å². The Balaban J connectivity index is 1.69. The highest BCUT2D eigenvalue weighted by Crippen LogP contribution is 2.50. The fourth-order valence-corrected chi connectivity index (χ4v) is 5.51. The second-order valence-corrected chi connectivity index (χ2v) is 9.67. The fourth-order valence-electron chi connectivity index (χ4n) is 5.51. The first-order valence-corrected chi connectivity index (χ1v) is 11.3. The first kappa shape index (κ1) is 21.5. The third-order valence-corrected chi connectivity index (χ3v) is 6.85. The van der Waals surface area contributed by atoms with E-state index in [1.807, 2.05) is 32.0 Å². The number of aromatic nitrogens is 2. The van der Waals surface area contributed by atoms with Crippen LogP contribution < -0.4 is 5.56 Å². The molecule has 1 fully saturated rings. The molecule has 1 aliphatic carbocycles. The number of hydrogen-bond donors (Lipinski definition) is 1. The minimum Gasteiger partial charge on any atom is -0.390 e. The van der Waals surface area contributed by atoms with E-state index in [2.05, 4.69) is 19.1 Å². The minimum atomic E-state index is -0.611. The van der Waals surface area contributed by atoms with Gasteiger partial charge in [0.1, 0.15) is 5.82 Å². The number of benzene rings is 2. The summed E-state index contributed by atoms with van der Waals surface area (Å²) >= 11 is 0. The number of rotatable bonds is 4. The summed E-state index contributed by atoms with van der Waals surface area (Å²) in [6.07, 6.45) is 1.45. The van der Waals surface area contributed by atoms with Gasteiger partial charge in [0.25, 0.3) is 5.56 Å². The first-order valence-electron chi connectivity index (χ1n) is 11.3. The molecule has 1 aliphatic rings. The largest absolute Gasteiger partial charge is 0.390 e. The molecule has 0 atom stereocenters. The number of aliphatic hydroxyl groups is 1. The topological polar surface area (TPSA) is 55.1 Å². The lowest BCUT2D eigenvalue weighted by Crippen LogP contribution is -2.50. The van der Waals surface area contributed by atoms with Crippen LogP contribution in [0, 0.1) is 5.82 Å². The summed E-state index contributed by atoms with van der Waals surface area (Å²) in [5.74, 6) is -0.331. The fraction of sp³-hybridized carbons (Fsp3) is 0.286. The van der Waals surface area contributed by atoms with Crippen LogP contribution >= 0.6 is 0 Å². The van der Waals surface area contributed by atoms with E-state index >= 15 is 0 Å². The molecule has 0 unspecified atom stereocenters. The second kappa shape index (κ2) is 7.63. The summed E-state index contributed by atoms with van der Waals surface area (Å²) in [4.78, 5) is 17.3. The molecule has 4 aromatic rings. The van der Waals surface area contributed by atoms with Crippen molar-refractivity contribution in [1.82, 2.24) is 9.55 Å². The molecule has 33 heavy (non-hydrogen) atoms. The quantitative estimate of drug-likeness (QED) is 0.442. The Morgan fingerprint density at radius 1 is 1.00 bits per heavy atom. The molecular formula is C28H27FN2O2. The average molecular weight is 443 g/mol. The number of pyridine rings is 2. The lowest BCUT2D eigenvalue weighted by Gasteiger charge is -2.50. The summed E-state index contributed by atoms with van der Waals surface area (Å²) in [5, 5.41) is 10.2. The molecule has 2 aromatic carbocycles. The van der Waals surface area contributed by atoms with Gasteiger partial charge in [-0.3, -0.25) is 4.79 Å². The second-order valence-electron chi connectivity index (χ2n) is 9.67. The van der Waals surface area contributed by atoms with Crippen molar-refractivity contribution >= 4 is 11.0 Å². The van der Waals surface area contributed by atoms with E-state index in [0.29, 0.717) is 34.4 Å². The Morgan fingerprint density at radius 2 is 1.70 bits per heavy atom. The van der Waals surface area contributed by atoms with Gasteiger partial charge in [-0.15, -0.1) is 0 Å². The number of fused-ring (bicyclic) bond motifs is 1. The van der Waals surface area contributed by atoms with Crippen molar-refractivity contribution in [3.63, 3.8) is 0 Å². The zero-order valence-electron chi connectivity index (χ0n) is 19.1. The van der Waals surface area contributed by atoms with Crippen molar-refractivity contribution in [1.29, 1.82) is 0 Å². The monoisotopic (exact) mass is 442 g/mol. The van der Waals surface area contributed by atoms with Crippen LogP contribution in [0.2, 0.25) is 0 Å². The molecule has 0 amide bonds. The predicted molar refractivity (Wildman–Crippen MR) is 130 cm³/mol. The lowest BCUT2D eigenvalue weighted by atomic mass is 9.58. The van der Waals surface area contributed by atoms with E-state index in [0.717, 1.165) is 18.4 Å². The molecule has 0 radical (unpaired) electrons. The first-order chi connectivity index (χ1) is 15.7. The molecule has 0 spiro atoms. The molecule has 2 aromatic heterocycles. The van der Waals surface area contributed by atoms with Crippen molar-refractivity contribution in [2.45, 2.75) is 51.2 Å². The van der Waals surface area contributed by atoms with Gasteiger partial charge in [-0.05, 0) is 55.9 Å². The highest BCUT2D eigenvalue weighted by molar-refractivity contribution is 5.90. The van der Waals surface area contributed by atoms with Gasteiger partial charge in [0.15, 0.2) is 0 Å². The number of hydrogen-bond acceptors (Lipinski definition) is 3. The van der Waals surface area contributed by atoms with Crippen LogP contribution in [0.25, 0.3) is 33.4 Å². The SMILES string of the molecule is CCn1c(=O)ccc2nc(-c3ccc(C4(C)CC(C)(O)C4)cc3)c(-c3ccccc3F)cc21. The van der Waals surface area contributed by atoms with Crippen molar-refractivity contribution in [3.8, 4) is 22.4 Å². The summed E-state index contributed by atoms with van der Waals surface area (Å²) in [7, 11) is 0. The number of halogens is 1. The standard InChI is InChI=1S/C28H27FN2O2/c1-4-31-24-15-21(20-7-5-6-8-22(20)29)26(30-23(24)13-14-25(31)32)18-9-11-19(12-10-18)27(2)16-28(3,33)17-27/h5-15,33H,4,16-17H2,1-3H3. The van der Waals surface area contributed by atoms with Gasteiger partial charge in [-0.2, -0.15) is 0 Å². The van der Waals surface area contributed by atoms with E-state index in [1.165, 1.54) is 17.7 Å².